The monoisotopic (exact) mass is 292 g/mol. The van der Waals surface area contributed by atoms with Gasteiger partial charge in [0.1, 0.15) is 5.75 Å². The zero-order valence-electron chi connectivity index (χ0n) is 12.5. The SMILES string of the molecule is CNC(=O)c1cc(-c2ccc(OC)cc2)nc2ccccc12. The van der Waals surface area contributed by atoms with Crippen LogP contribution in [0.4, 0.5) is 0 Å². The standard InChI is InChI=1S/C18H16N2O2/c1-19-18(21)15-11-17(12-7-9-13(22-2)10-8-12)20-16-6-4-3-5-14(15)16/h3-11H,1-2H3,(H,19,21). The highest BCUT2D eigenvalue weighted by molar-refractivity contribution is 6.07. The van der Waals surface area contributed by atoms with Crippen molar-refractivity contribution in [3.63, 3.8) is 0 Å². The number of fused-ring (bicyclic) bond motifs is 1. The van der Waals surface area contributed by atoms with Gasteiger partial charge in [-0.3, -0.25) is 4.79 Å². The lowest BCUT2D eigenvalue weighted by Gasteiger charge is -2.09. The number of nitrogens with one attached hydrogen (secondary N) is 1. The first-order chi connectivity index (χ1) is 10.7. The van der Waals surface area contributed by atoms with E-state index in [1.165, 1.54) is 0 Å². The molecule has 0 aliphatic carbocycles. The molecule has 0 aliphatic rings. The van der Waals surface area contributed by atoms with Crippen molar-refractivity contribution in [1.29, 1.82) is 0 Å². The van der Waals surface area contributed by atoms with Crippen molar-refractivity contribution < 1.29 is 9.53 Å². The third-order valence-corrected chi connectivity index (χ3v) is 3.57. The molecule has 110 valence electrons. The number of nitrogens with zero attached hydrogens (tertiary/aromatic N) is 1. The summed E-state index contributed by atoms with van der Waals surface area (Å²) in [4.78, 5) is 16.8. The summed E-state index contributed by atoms with van der Waals surface area (Å²) >= 11 is 0. The van der Waals surface area contributed by atoms with Gasteiger partial charge >= 0.3 is 0 Å². The fourth-order valence-electron chi connectivity index (χ4n) is 2.41. The zero-order valence-corrected chi connectivity index (χ0v) is 12.5. The van der Waals surface area contributed by atoms with Crippen LogP contribution >= 0.6 is 0 Å². The Morgan fingerprint density at radius 3 is 2.50 bits per heavy atom. The van der Waals surface area contributed by atoms with Crippen molar-refractivity contribution in [2.24, 2.45) is 0 Å². The molecule has 1 N–H and O–H groups in total. The van der Waals surface area contributed by atoms with Crippen molar-refractivity contribution in [1.82, 2.24) is 10.3 Å². The first-order valence-electron chi connectivity index (χ1n) is 6.99. The molecule has 3 rings (SSSR count). The molecule has 0 saturated carbocycles. The Bertz CT molecular complexity index is 826. The number of carbonyl (C=O) groups excluding carboxylic acids is 1. The normalized spacial score (nSPS) is 10.5. The van der Waals surface area contributed by atoms with Gasteiger partial charge in [0.05, 0.1) is 23.9 Å². The molecule has 22 heavy (non-hydrogen) atoms. The molecule has 1 aromatic heterocycles. The second-order valence-corrected chi connectivity index (χ2v) is 4.88. The van der Waals surface area contributed by atoms with E-state index in [0.29, 0.717) is 5.56 Å². The summed E-state index contributed by atoms with van der Waals surface area (Å²) in [5.41, 5.74) is 3.13. The Morgan fingerprint density at radius 1 is 1.09 bits per heavy atom. The molecule has 0 radical (unpaired) electrons. The topological polar surface area (TPSA) is 51.2 Å². The maximum absolute atomic E-state index is 12.2. The van der Waals surface area contributed by atoms with Gasteiger partial charge in [0, 0.05) is 18.0 Å². The quantitative estimate of drug-likeness (QED) is 0.806. The molecule has 4 heteroatoms. The van der Waals surface area contributed by atoms with Gasteiger partial charge in [0.25, 0.3) is 5.91 Å². The van der Waals surface area contributed by atoms with Gasteiger partial charge < -0.3 is 10.1 Å². The highest BCUT2D eigenvalue weighted by atomic mass is 16.5. The number of rotatable bonds is 3. The average Bonchev–Trinajstić information content (AvgIpc) is 2.60. The Labute approximate surface area is 128 Å². The van der Waals surface area contributed by atoms with E-state index in [9.17, 15) is 4.79 Å². The number of benzene rings is 2. The molecule has 0 aliphatic heterocycles. The molecule has 0 atom stereocenters. The van der Waals surface area contributed by atoms with Gasteiger partial charge in [-0.2, -0.15) is 0 Å². The molecule has 1 amide bonds. The predicted molar refractivity (Wildman–Crippen MR) is 87.1 cm³/mol. The lowest BCUT2D eigenvalue weighted by molar-refractivity contribution is 0.0964. The fourth-order valence-corrected chi connectivity index (χ4v) is 2.41. The smallest absolute Gasteiger partial charge is 0.251 e. The summed E-state index contributed by atoms with van der Waals surface area (Å²) in [6.07, 6.45) is 0. The molecule has 0 bridgehead atoms. The number of hydrogen-bond donors (Lipinski definition) is 1. The minimum absolute atomic E-state index is 0.117. The molecular weight excluding hydrogens is 276 g/mol. The number of amides is 1. The number of aromatic nitrogens is 1. The van der Waals surface area contributed by atoms with Crippen LogP contribution in [0.25, 0.3) is 22.2 Å². The van der Waals surface area contributed by atoms with Crippen molar-refractivity contribution >= 4 is 16.8 Å². The Hall–Kier alpha value is -2.88. The van der Waals surface area contributed by atoms with E-state index in [4.69, 9.17) is 4.74 Å². The molecule has 0 saturated heterocycles. The Kier molecular flexibility index (Phi) is 3.74. The van der Waals surface area contributed by atoms with Crippen LogP contribution in [-0.4, -0.2) is 25.0 Å². The summed E-state index contributed by atoms with van der Waals surface area (Å²) in [6, 6.07) is 17.1. The molecule has 0 spiro atoms. The summed E-state index contributed by atoms with van der Waals surface area (Å²) in [5, 5.41) is 3.53. The van der Waals surface area contributed by atoms with Gasteiger partial charge in [-0.1, -0.05) is 18.2 Å². The van der Waals surface area contributed by atoms with E-state index in [0.717, 1.165) is 27.9 Å². The summed E-state index contributed by atoms with van der Waals surface area (Å²) in [6.45, 7) is 0. The summed E-state index contributed by atoms with van der Waals surface area (Å²) < 4.78 is 5.17. The van der Waals surface area contributed by atoms with Crippen LogP contribution in [0.1, 0.15) is 10.4 Å². The van der Waals surface area contributed by atoms with Crippen LogP contribution in [-0.2, 0) is 0 Å². The molecule has 1 heterocycles. The maximum atomic E-state index is 12.2. The Morgan fingerprint density at radius 2 is 1.82 bits per heavy atom. The first kappa shape index (κ1) is 14.1. The minimum Gasteiger partial charge on any atom is -0.497 e. The van der Waals surface area contributed by atoms with Crippen LogP contribution in [0.5, 0.6) is 5.75 Å². The van der Waals surface area contributed by atoms with Crippen molar-refractivity contribution in [2.75, 3.05) is 14.2 Å². The number of pyridine rings is 1. The largest absolute Gasteiger partial charge is 0.497 e. The second-order valence-electron chi connectivity index (χ2n) is 4.88. The molecule has 2 aromatic carbocycles. The number of ether oxygens (including phenoxy) is 1. The van der Waals surface area contributed by atoms with Gasteiger partial charge in [-0.15, -0.1) is 0 Å². The van der Waals surface area contributed by atoms with Crippen molar-refractivity contribution in [3.05, 3.63) is 60.2 Å². The summed E-state index contributed by atoms with van der Waals surface area (Å²) in [7, 11) is 3.26. The van der Waals surface area contributed by atoms with Gasteiger partial charge in [0.2, 0.25) is 0 Å². The number of para-hydroxylation sites is 1. The zero-order chi connectivity index (χ0) is 15.5. The molecular formula is C18H16N2O2. The van der Waals surface area contributed by atoms with E-state index < -0.39 is 0 Å². The predicted octanol–water partition coefficient (Wildman–Crippen LogP) is 3.27. The lowest BCUT2D eigenvalue weighted by Crippen LogP contribution is -2.18. The van der Waals surface area contributed by atoms with E-state index in [-0.39, 0.29) is 5.91 Å². The molecule has 3 aromatic rings. The average molecular weight is 292 g/mol. The van der Waals surface area contributed by atoms with Crippen LogP contribution in [0.2, 0.25) is 0 Å². The van der Waals surface area contributed by atoms with E-state index in [2.05, 4.69) is 10.3 Å². The van der Waals surface area contributed by atoms with Gasteiger partial charge in [-0.25, -0.2) is 4.98 Å². The highest BCUT2D eigenvalue weighted by Crippen LogP contribution is 2.26. The fraction of sp³-hybridized carbons (Fsp3) is 0.111. The second kappa shape index (κ2) is 5.85. The first-order valence-corrected chi connectivity index (χ1v) is 6.99. The van der Waals surface area contributed by atoms with E-state index >= 15 is 0 Å². The van der Waals surface area contributed by atoms with Crippen molar-refractivity contribution in [2.45, 2.75) is 0 Å². The molecule has 0 unspecified atom stereocenters. The number of methoxy groups -OCH3 is 1. The van der Waals surface area contributed by atoms with Crippen LogP contribution in [0, 0.1) is 0 Å². The molecule has 0 fully saturated rings. The number of carbonyl (C=O) groups is 1. The van der Waals surface area contributed by atoms with E-state index in [1.54, 1.807) is 14.2 Å². The van der Waals surface area contributed by atoms with Gasteiger partial charge in [0.15, 0.2) is 0 Å². The van der Waals surface area contributed by atoms with Crippen LogP contribution in [0.3, 0.4) is 0 Å². The highest BCUT2D eigenvalue weighted by Gasteiger charge is 2.12. The third kappa shape index (κ3) is 2.51. The lowest BCUT2D eigenvalue weighted by atomic mass is 10.0. The molecule has 4 nitrogen and oxygen atoms in total. The van der Waals surface area contributed by atoms with Crippen LogP contribution in [0.15, 0.2) is 54.6 Å². The van der Waals surface area contributed by atoms with Crippen molar-refractivity contribution in [3.8, 4) is 17.0 Å². The van der Waals surface area contributed by atoms with Crippen LogP contribution < -0.4 is 10.1 Å². The number of hydrogen-bond acceptors (Lipinski definition) is 3. The van der Waals surface area contributed by atoms with E-state index in [1.807, 2.05) is 54.6 Å². The summed E-state index contributed by atoms with van der Waals surface area (Å²) in [5.74, 6) is 0.671. The Balaban J connectivity index is 2.19. The minimum atomic E-state index is -0.117. The third-order valence-electron chi connectivity index (χ3n) is 3.57. The van der Waals surface area contributed by atoms with Gasteiger partial charge in [-0.05, 0) is 36.4 Å². The maximum Gasteiger partial charge on any atom is 0.251 e.